The Morgan fingerprint density at radius 2 is 1.78 bits per heavy atom. The Morgan fingerprint density at radius 1 is 1.04 bits per heavy atom. The molecule has 0 bridgehead atoms. The third-order valence-electron chi connectivity index (χ3n) is 9.89. The summed E-state index contributed by atoms with van der Waals surface area (Å²) in [6.07, 6.45) is 7.98. The number of anilines is 1. The summed E-state index contributed by atoms with van der Waals surface area (Å²) >= 11 is 0. The van der Waals surface area contributed by atoms with Crippen molar-refractivity contribution < 1.29 is 28.6 Å². The van der Waals surface area contributed by atoms with E-state index in [1.54, 1.807) is 11.0 Å². The van der Waals surface area contributed by atoms with Crippen molar-refractivity contribution in [2.45, 2.75) is 64.9 Å². The number of carbonyl (C=O) groups is 2. The molecule has 3 aliphatic rings. The molecule has 0 aliphatic carbocycles. The number of hydrogen-bond acceptors (Lipinski definition) is 9. The number of aryl methyl sites for hydroxylation is 1. The number of aliphatic hydroxyl groups is 1. The van der Waals surface area contributed by atoms with Gasteiger partial charge in [-0.15, -0.1) is 0 Å². The number of likely N-dealkylation sites (N-methyl/N-ethyl adjacent to an activating group) is 1. The molecule has 2 fully saturated rings. The fraction of sp³-hybridized carbons (Fsp3) is 0.595. The van der Waals surface area contributed by atoms with Gasteiger partial charge in [0.25, 0.3) is 0 Å². The summed E-state index contributed by atoms with van der Waals surface area (Å²) in [6.45, 7) is 12.6. The van der Waals surface area contributed by atoms with E-state index in [-0.39, 0.29) is 30.2 Å². The van der Waals surface area contributed by atoms with Gasteiger partial charge in [0.15, 0.2) is 0 Å². The maximum atomic E-state index is 15.0. The number of carbonyl (C=O) groups excluding carboxylic acids is 2. The fourth-order valence-corrected chi connectivity index (χ4v) is 6.78. The zero-order valence-electron chi connectivity index (χ0n) is 29.6. The summed E-state index contributed by atoms with van der Waals surface area (Å²) in [6, 6.07) is 5.02. The maximum absolute atomic E-state index is 15.0. The number of rotatable bonds is 6. The second-order valence-electron chi connectivity index (χ2n) is 14.1. The van der Waals surface area contributed by atoms with Crippen molar-refractivity contribution in [1.29, 1.82) is 0 Å². The van der Waals surface area contributed by atoms with Crippen LogP contribution in [0.2, 0.25) is 0 Å². The van der Waals surface area contributed by atoms with Gasteiger partial charge < -0.3 is 33.8 Å². The zero-order valence-corrected chi connectivity index (χ0v) is 29.6. The van der Waals surface area contributed by atoms with E-state index in [2.05, 4.69) is 19.7 Å². The topological polar surface area (TPSA) is 104 Å². The van der Waals surface area contributed by atoms with Gasteiger partial charge in [-0.05, 0) is 68.1 Å². The fourth-order valence-electron chi connectivity index (χ4n) is 6.78. The largest absolute Gasteiger partial charge is 0.457 e. The van der Waals surface area contributed by atoms with Crippen LogP contribution in [0.1, 0.15) is 51.3 Å². The average Bonchev–Trinajstić information content (AvgIpc) is 3.48. The van der Waals surface area contributed by atoms with Crippen molar-refractivity contribution in [3.05, 3.63) is 65.5 Å². The molecule has 2 aromatic rings. The molecule has 5 rings (SSSR count). The summed E-state index contributed by atoms with van der Waals surface area (Å²) in [4.78, 5) is 39.0. The van der Waals surface area contributed by atoms with E-state index in [4.69, 9.17) is 9.47 Å². The monoisotopic (exact) mass is 680 g/mol. The zero-order chi connectivity index (χ0) is 35.1. The number of amides is 1. The molecule has 2 saturated heterocycles. The summed E-state index contributed by atoms with van der Waals surface area (Å²) < 4.78 is 29.0. The minimum atomic E-state index is -0.872. The Hall–Kier alpha value is -3.74. The lowest BCUT2D eigenvalue weighted by atomic mass is 9.91. The molecule has 268 valence electrons. The second kappa shape index (κ2) is 16.8. The molecule has 5 atom stereocenters. The normalized spacial score (nSPS) is 27.6. The molecule has 49 heavy (non-hydrogen) atoms. The lowest BCUT2D eigenvalue weighted by molar-refractivity contribution is -0.151. The summed E-state index contributed by atoms with van der Waals surface area (Å²) in [5, 5.41) is 10.7. The summed E-state index contributed by atoms with van der Waals surface area (Å²) in [5.74, 6) is -1.17. The third kappa shape index (κ3) is 10.4. The quantitative estimate of drug-likeness (QED) is 0.353. The SMILES string of the molecule is C/C(=C\c1cc(F)cc(N2CCN(Cc3cn(C)cn3)CC2)c1)[C@H]1OC(=O)C[C@H](O)CC[C@H](C)[C@@H](OC(=O)N2CCN(C)CC2)/C=C/[C@@H]1C. The van der Waals surface area contributed by atoms with E-state index in [9.17, 15) is 14.7 Å². The number of imidazole rings is 1. The van der Waals surface area contributed by atoms with Gasteiger partial charge in [-0.1, -0.05) is 26.0 Å². The van der Waals surface area contributed by atoms with Crippen LogP contribution in [0.4, 0.5) is 14.9 Å². The van der Waals surface area contributed by atoms with Crippen molar-refractivity contribution in [3.8, 4) is 0 Å². The number of esters is 1. The highest BCUT2D eigenvalue weighted by atomic mass is 19.1. The number of ether oxygens (including phenoxy) is 2. The van der Waals surface area contributed by atoms with Crippen LogP contribution in [0.15, 0.2) is 48.4 Å². The molecule has 1 aromatic carbocycles. The Kier molecular flexibility index (Phi) is 12.5. The lowest BCUT2D eigenvalue weighted by Crippen LogP contribution is -2.48. The molecule has 0 unspecified atom stereocenters. The number of piperazine rings is 2. The Bertz CT molecular complexity index is 1480. The first-order chi connectivity index (χ1) is 23.4. The van der Waals surface area contributed by atoms with Crippen LogP contribution in [0, 0.1) is 17.7 Å². The molecule has 11 nitrogen and oxygen atoms in total. The minimum Gasteiger partial charge on any atom is -0.457 e. The van der Waals surface area contributed by atoms with Gasteiger partial charge in [0, 0.05) is 83.8 Å². The highest BCUT2D eigenvalue weighted by molar-refractivity contribution is 5.71. The van der Waals surface area contributed by atoms with E-state index in [0.29, 0.717) is 31.5 Å². The Balaban J connectivity index is 1.30. The van der Waals surface area contributed by atoms with Crippen LogP contribution in [-0.2, 0) is 27.9 Å². The van der Waals surface area contributed by atoms with Crippen LogP contribution in [0.3, 0.4) is 0 Å². The number of halogens is 1. The minimum absolute atomic E-state index is 0.0670. The molecule has 0 radical (unpaired) electrons. The molecule has 0 saturated carbocycles. The van der Waals surface area contributed by atoms with Gasteiger partial charge in [0.2, 0.25) is 0 Å². The third-order valence-corrected chi connectivity index (χ3v) is 9.89. The van der Waals surface area contributed by atoms with Gasteiger partial charge in [0.05, 0.1) is 24.5 Å². The van der Waals surface area contributed by atoms with E-state index in [1.807, 2.05) is 76.3 Å². The van der Waals surface area contributed by atoms with Crippen LogP contribution in [0.5, 0.6) is 0 Å². The molecule has 4 heterocycles. The van der Waals surface area contributed by atoms with E-state index >= 15 is 4.39 Å². The number of aliphatic hydroxyl groups excluding tert-OH is 1. The lowest BCUT2D eigenvalue weighted by Gasteiger charge is -2.36. The first kappa shape index (κ1) is 36.5. The molecule has 1 aromatic heterocycles. The van der Waals surface area contributed by atoms with E-state index < -0.39 is 24.3 Å². The number of cyclic esters (lactones) is 1. The maximum Gasteiger partial charge on any atom is 0.410 e. The molecule has 12 heteroatoms. The smallest absolute Gasteiger partial charge is 0.410 e. The Morgan fingerprint density at radius 3 is 2.47 bits per heavy atom. The van der Waals surface area contributed by atoms with Crippen molar-refractivity contribution in [2.75, 3.05) is 64.3 Å². The van der Waals surface area contributed by atoms with Crippen LogP contribution < -0.4 is 4.90 Å². The highest BCUT2D eigenvalue weighted by Gasteiger charge is 2.29. The van der Waals surface area contributed by atoms with E-state index in [1.165, 1.54) is 6.07 Å². The van der Waals surface area contributed by atoms with E-state index in [0.717, 1.165) is 62.8 Å². The molecular weight excluding hydrogens is 627 g/mol. The van der Waals surface area contributed by atoms with Crippen LogP contribution in [0.25, 0.3) is 6.08 Å². The van der Waals surface area contributed by atoms with Gasteiger partial charge in [-0.25, -0.2) is 14.2 Å². The standard InChI is InChI=1S/C37H53FN6O5/c1-26-6-8-33(45)22-35(46)49-36(27(2)7-9-34(26)48-37(47)44-14-10-40(4)11-15-44)28(3)18-29-19-30(38)21-32(20-29)43-16-12-42(13-17-43)24-31-23-41(5)25-39-31/h7,9,18-21,23,25-27,33-34,36,45H,6,8,10-17,22,24H2,1-5H3/b9-7+,28-18+/t26-,27-,33+,34-,36-/m0/s1. The molecule has 0 spiro atoms. The summed E-state index contributed by atoms with van der Waals surface area (Å²) in [5.41, 5.74) is 3.26. The van der Waals surface area contributed by atoms with Gasteiger partial charge in [-0.2, -0.15) is 0 Å². The highest BCUT2D eigenvalue weighted by Crippen LogP contribution is 2.28. The molecule has 3 aliphatic heterocycles. The first-order valence-corrected chi connectivity index (χ1v) is 17.6. The number of hydrogen-bond donors (Lipinski definition) is 1. The van der Waals surface area contributed by atoms with Gasteiger partial charge in [-0.3, -0.25) is 9.69 Å². The van der Waals surface area contributed by atoms with Gasteiger partial charge in [0.1, 0.15) is 18.0 Å². The number of benzene rings is 1. The average molecular weight is 681 g/mol. The first-order valence-electron chi connectivity index (χ1n) is 17.6. The van der Waals surface area contributed by atoms with Crippen molar-refractivity contribution in [2.24, 2.45) is 18.9 Å². The Labute approximate surface area is 289 Å². The molecular formula is C37H53FN6O5. The van der Waals surface area contributed by atoms with Crippen molar-refractivity contribution >= 4 is 23.8 Å². The molecule has 1 N–H and O–H groups in total. The van der Waals surface area contributed by atoms with Crippen LogP contribution >= 0.6 is 0 Å². The predicted octanol–water partition coefficient (Wildman–Crippen LogP) is 4.32. The van der Waals surface area contributed by atoms with Gasteiger partial charge >= 0.3 is 12.1 Å². The number of nitrogens with zero attached hydrogens (tertiary/aromatic N) is 6. The van der Waals surface area contributed by atoms with Crippen molar-refractivity contribution in [3.63, 3.8) is 0 Å². The second-order valence-corrected chi connectivity index (χ2v) is 14.1. The van der Waals surface area contributed by atoms with Crippen LogP contribution in [-0.4, -0.2) is 119 Å². The summed E-state index contributed by atoms with van der Waals surface area (Å²) in [7, 11) is 4.00. The number of aromatic nitrogens is 2. The predicted molar refractivity (Wildman–Crippen MR) is 187 cm³/mol. The molecule has 1 amide bonds. The van der Waals surface area contributed by atoms with Crippen molar-refractivity contribution in [1.82, 2.24) is 24.3 Å².